The lowest BCUT2D eigenvalue weighted by Crippen LogP contribution is -2.08. The zero-order valence-electron chi connectivity index (χ0n) is 32.2. The van der Waals surface area contributed by atoms with Gasteiger partial charge in [-0.1, -0.05) is 135 Å². The van der Waals surface area contributed by atoms with Crippen molar-refractivity contribution in [3.63, 3.8) is 0 Å². The van der Waals surface area contributed by atoms with Gasteiger partial charge in [-0.3, -0.25) is 4.79 Å². The summed E-state index contributed by atoms with van der Waals surface area (Å²) in [5.41, 5.74) is 3.92. The number of rotatable bonds is 21. The Morgan fingerprint density at radius 2 is 1.20 bits per heavy atom. The van der Waals surface area contributed by atoms with Crippen LogP contribution in [-0.4, -0.2) is 13.7 Å². The van der Waals surface area contributed by atoms with Gasteiger partial charge in [-0.2, -0.15) is 0 Å². The molecule has 6 aromatic rings. The van der Waals surface area contributed by atoms with Crippen LogP contribution in [0.1, 0.15) is 74.5 Å². The number of fused-ring (bicyclic) bond motifs is 1. The van der Waals surface area contributed by atoms with Crippen molar-refractivity contribution in [1.82, 2.24) is 0 Å². The first-order chi connectivity index (χ1) is 27.7. The van der Waals surface area contributed by atoms with Crippen LogP contribution in [0.25, 0.3) is 22.3 Å². The fraction of sp³-hybridized carbons (Fsp3) is 0.286. The summed E-state index contributed by atoms with van der Waals surface area (Å²) in [5.74, 6) is 5.00. The predicted octanol–water partition coefficient (Wildman–Crippen LogP) is 11.7. The first-order valence-corrected chi connectivity index (χ1v) is 19.6. The van der Waals surface area contributed by atoms with Crippen LogP contribution in [0.5, 0.6) is 23.0 Å². The molecule has 0 bridgehead atoms. The van der Waals surface area contributed by atoms with Gasteiger partial charge in [0.2, 0.25) is 11.2 Å². The number of methoxy groups -OCH3 is 1. The Morgan fingerprint density at radius 1 is 0.589 bits per heavy atom. The Labute approximate surface area is 330 Å². The number of benzene rings is 5. The van der Waals surface area contributed by atoms with Crippen molar-refractivity contribution in [2.45, 2.75) is 77.6 Å². The van der Waals surface area contributed by atoms with Crippen molar-refractivity contribution in [2.24, 2.45) is 0 Å². The maximum atomic E-state index is 14.0. The summed E-state index contributed by atoms with van der Waals surface area (Å²) in [6.07, 6.45) is 12.7. The van der Waals surface area contributed by atoms with Gasteiger partial charge in [-0.05, 0) is 59.9 Å². The lowest BCUT2D eigenvalue weighted by Gasteiger charge is -2.14. The van der Waals surface area contributed by atoms with E-state index in [4.69, 9.17) is 28.1 Å². The Morgan fingerprint density at radius 3 is 1.86 bits per heavy atom. The molecule has 7 heteroatoms. The summed E-state index contributed by atoms with van der Waals surface area (Å²) in [6.45, 7) is 2.26. The standard InChI is InChI=1S/C49H50O7/c1-51-46-33-41(27-30-44(46)55-37-40-25-17-12-18-26-40)48-49(47(50)43-29-28-42(34-45(43)56-48)54-36-39-23-15-11-16-24-39)53-32-20-9-7-5-3-2-4-6-8-19-31-52-35-38-21-13-10-14-22-38/h10-18,21-30,33-34H,2-9,19,31,35-37H2,1H3. The molecule has 0 amide bonds. The minimum absolute atomic E-state index is 0.0217. The van der Waals surface area contributed by atoms with Crippen molar-refractivity contribution in [2.75, 3.05) is 13.7 Å². The van der Waals surface area contributed by atoms with Gasteiger partial charge in [0.25, 0.3) is 0 Å². The molecule has 0 atom stereocenters. The molecule has 0 aliphatic rings. The van der Waals surface area contributed by atoms with Gasteiger partial charge in [0.05, 0.1) is 19.1 Å². The molecule has 1 aromatic heterocycles. The molecule has 288 valence electrons. The third-order valence-corrected chi connectivity index (χ3v) is 9.41. The summed E-state index contributed by atoms with van der Waals surface area (Å²) in [5, 5.41) is 0.368. The van der Waals surface area contributed by atoms with Gasteiger partial charge in [-0.15, -0.1) is 0 Å². The number of hydrogen-bond acceptors (Lipinski definition) is 7. The van der Waals surface area contributed by atoms with Crippen molar-refractivity contribution >= 4 is 11.0 Å². The first kappa shape index (κ1) is 39.7. The topological polar surface area (TPSA) is 76.4 Å². The predicted molar refractivity (Wildman–Crippen MR) is 222 cm³/mol. The lowest BCUT2D eigenvalue weighted by molar-refractivity contribution is 0.116. The molecule has 1 heterocycles. The average Bonchev–Trinajstić information content (AvgIpc) is 3.25. The summed E-state index contributed by atoms with van der Waals surface area (Å²) in [6, 6.07) is 40.7. The molecule has 6 rings (SSSR count). The molecule has 0 radical (unpaired) electrons. The van der Waals surface area contributed by atoms with E-state index >= 15 is 0 Å². The van der Waals surface area contributed by atoms with Crippen LogP contribution >= 0.6 is 0 Å². The molecule has 0 aliphatic carbocycles. The van der Waals surface area contributed by atoms with Crippen molar-refractivity contribution in [3.05, 3.63) is 154 Å². The van der Waals surface area contributed by atoms with E-state index in [9.17, 15) is 4.79 Å². The highest BCUT2D eigenvalue weighted by atomic mass is 16.5. The third kappa shape index (κ3) is 12.0. The second-order valence-corrected chi connectivity index (χ2v) is 13.7. The van der Waals surface area contributed by atoms with Crippen LogP contribution in [0.3, 0.4) is 0 Å². The molecule has 56 heavy (non-hydrogen) atoms. The SMILES string of the molecule is COc1cc(-c2oc3cc(OCc4ccccc4)ccc3c(=O)c2OC#CCCCCCCCCCCOCc2ccccc2)ccc1OCc1ccccc1. The van der Waals surface area contributed by atoms with Crippen LogP contribution in [0.2, 0.25) is 0 Å². The van der Waals surface area contributed by atoms with Gasteiger partial charge in [0.1, 0.15) is 30.7 Å². The summed E-state index contributed by atoms with van der Waals surface area (Å²) >= 11 is 0. The van der Waals surface area contributed by atoms with E-state index in [-0.39, 0.29) is 16.9 Å². The maximum Gasteiger partial charge on any atom is 0.237 e. The molecule has 5 aromatic carbocycles. The minimum atomic E-state index is -0.323. The van der Waals surface area contributed by atoms with E-state index in [2.05, 4.69) is 24.2 Å². The van der Waals surface area contributed by atoms with Gasteiger partial charge >= 0.3 is 0 Å². The zero-order chi connectivity index (χ0) is 38.6. The van der Waals surface area contributed by atoms with Crippen LogP contribution in [-0.2, 0) is 24.6 Å². The molecule has 0 saturated carbocycles. The Balaban J connectivity index is 1.06. The molecule has 7 nitrogen and oxygen atoms in total. The molecule has 0 aliphatic heterocycles. The molecular weight excluding hydrogens is 701 g/mol. The van der Waals surface area contributed by atoms with Crippen LogP contribution in [0.15, 0.2) is 137 Å². The highest BCUT2D eigenvalue weighted by Crippen LogP contribution is 2.38. The van der Waals surface area contributed by atoms with Crippen molar-refractivity contribution < 1.29 is 28.1 Å². The largest absolute Gasteiger partial charge is 0.493 e. The summed E-state index contributed by atoms with van der Waals surface area (Å²) in [7, 11) is 1.58. The fourth-order valence-electron chi connectivity index (χ4n) is 6.31. The molecule has 0 spiro atoms. The lowest BCUT2D eigenvalue weighted by atomic mass is 10.1. The molecule has 0 N–H and O–H groups in total. The minimum Gasteiger partial charge on any atom is -0.493 e. The van der Waals surface area contributed by atoms with Crippen LogP contribution in [0, 0.1) is 12.0 Å². The Hall–Kier alpha value is -5.97. The van der Waals surface area contributed by atoms with E-state index in [0.717, 1.165) is 37.0 Å². The Kier molecular flexibility index (Phi) is 15.5. The third-order valence-electron chi connectivity index (χ3n) is 9.41. The van der Waals surface area contributed by atoms with E-state index in [1.165, 1.54) is 37.7 Å². The van der Waals surface area contributed by atoms with Gasteiger partial charge in [-0.25, -0.2) is 0 Å². The number of unbranched alkanes of at least 4 members (excludes halogenated alkanes) is 8. The molecular formula is C49H50O7. The van der Waals surface area contributed by atoms with Crippen molar-refractivity contribution in [1.29, 1.82) is 0 Å². The number of ether oxygens (including phenoxy) is 5. The average molecular weight is 751 g/mol. The second-order valence-electron chi connectivity index (χ2n) is 13.7. The van der Waals surface area contributed by atoms with Gasteiger partial charge < -0.3 is 28.1 Å². The van der Waals surface area contributed by atoms with E-state index in [1.807, 2.05) is 84.9 Å². The van der Waals surface area contributed by atoms with Gasteiger partial charge in [0, 0.05) is 24.7 Å². The maximum absolute atomic E-state index is 14.0. The smallest absolute Gasteiger partial charge is 0.237 e. The van der Waals surface area contributed by atoms with Crippen molar-refractivity contribution in [3.8, 4) is 46.3 Å². The van der Waals surface area contributed by atoms with E-state index < -0.39 is 0 Å². The fourth-order valence-corrected chi connectivity index (χ4v) is 6.31. The second kappa shape index (κ2) is 21.8. The normalized spacial score (nSPS) is 10.8. The Bertz CT molecular complexity index is 2200. The summed E-state index contributed by atoms with van der Waals surface area (Å²) in [4.78, 5) is 14.0. The number of hydrogen-bond donors (Lipinski definition) is 0. The van der Waals surface area contributed by atoms with Crippen LogP contribution < -0.4 is 24.4 Å². The highest BCUT2D eigenvalue weighted by Gasteiger charge is 2.20. The quantitative estimate of drug-likeness (QED) is 0.0535. The first-order valence-electron chi connectivity index (χ1n) is 19.6. The van der Waals surface area contributed by atoms with Crippen LogP contribution in [0.4, 0.5) is 0 Å². The van der Waals surface area contributed by atoms with Gasteiger partial charge in [0.15, 0.2) is 17.3 Å². The van der Waals surface area contributed by atoms with E-state index in [1.54, 1.807) is 37.4 Å². The summed E-state index contributed by atoms with van der Waals surface area (Å²) < 4.78 is 36.0. The zero-order valence-corrected chi connectivity index (χ0v) is 32.2. The highest BCUT2D eigenvalue weighted by molar-refractivity contribution is 5.83. The molecule has 0 fully saturated rings. The van der Waals surface area contributed by atoms with E-state index in [0.29, 0.717) is 60.0 Å². The molecule has 0 saturated heterocycles. The monoisotopic (exact) mass is 750 g/mol. The molecule has 0 unspecified atom stereocenters.